The van der Waals surface area contributed by atoms with Crippen molar-refractivity contribution in [3.63, 3.8) is 0 Å². The maximum absolute atomic E-state index is 12.1. The lowest BCUT2D eigenvalue weighted by atomic mass is 9.70. The molecular formula is C10H15BrO4S. The van der Waals surface area contributed by atoms with Crippen LogP contribution in [0.2, 0.25) is 0 Å². The molecule has 4 nitrogen and oxygen atoms in total. The number of halogens is 1. The first kappa shape index (κ1) is 12.5. The van der Waals surface area contributed by atoms with Crippen LogP contribution in [0.25, 0.3) is 0 Å². The van der Waals surface area contributed by atoms with Crippen LogP contribution in [0.3, 0.4) is 0 Å². The van der Waals surface area contributed by atoms with Gasteiger partial charge in [0, 0.05) is 10.8 Å². The van der Waals surface area contributed by atoms with E-state index >= 15 is 0 Å². The second-order valence-corrected chi connectivity index (χ2v) is 7.83. The van der Waals surface area contributed by atoms with E-state index in [-0.39, 0.29) is 22.3 Å². The van der Waals surface area contributed by atoms with Crippen LogP contribution in [0, 0.1) is 16.7 Å². The second-order valence-electron chi connectivity index (χ2n) is 5.39. The summed E-state index contributed by atoms with van der Waals surface area (Å²) in [5.41, 5.74) is -1.27. The van der Waals surface area contributed by atoms with E-state index < -0.39 is 20.9 Å². The molecule has 0 amide bonds. The fraction of sp³-hybridized carbons (Fsp3) is 0.900. The zero-order valence-electron chi connectivity index (χ0n) is 9.23. The van der Waals surface area contributed by atoms with Gasteiger partial charge in [0.25, 0.3) is 10.1 Å². The van der Waals surface area contributed by atoms with Crippen molar-refractivity contribution in [3.8, 4) is 0 Å². The van der Waals surface area contributed by atoms with Gasteiger partial charge in [0.05, 0.1) is 10.6 Å². The summed E-state index contributed by atoms with van der Waals surface area (Å²) in [5.74, 6) is -0.239. The third-order valence-corrected chi connectivity index (χ3v) is 6.68. The van der Waals surface area contributed by atoms with Crippen molar-refractivity contribution in [1.29, 1.82) is 0 Å². The van der Waals surface area contributed by atoms with Crippen LogP contribution in [-0.2, 0) is 14.9 Å². The van der Waals surface area contributed by atoms with E-state index in [0.717, 1.165) is 6.42 Å². The molecule has 16 heavy (non-hydrogen) atoms. The van der Waals surface area contributed by atoms with E-state index in [1.807, 2.05) is 6.92 Å². The maximum Gasteiger partial charge on any atom is 0.265 e. The maximum atomic E-state index is 12.1. The first-order valence-corrected chi connectivity index (χ1v) is 7.78. The van der Waals surface area contributed by atoms with Gasteiger partial charge in [-0.25, -0.2) is 0 Å². The highest BCUT2D eigenvalue weighted by molar-refractivity contribution is 9.10. The molecule has 0 saturated heterocycles. The van der Waals surface area contributed by atoms with Crippen LogP contribution >= 0.6 is 15.9 Å². The zero-order chi connectivity index (χ0) is 12.4. The third kappa shape index (κ3) is 1.42. The fourth-order valence-corrected chi connectivity index (χ4v) is 6.11. The second kappa shape index (κ2) is 3.29. The van der Waals surface area contributed by atoms with Gasteiger partial charge in [-0.15, -0.1) is 0 Å². The molecule has 2 rings (SSSR count). The van der Waals surface area contributed by atoms with Crippen molar-refractivity contribution in [2.24, 2.45) is 16.7 Å². The Morgan fingerprint density at radius 1 is 1.50 bits per heavy atom. The molecule has 6 heteroatoms. The van der Waals surface area contributed by atoms with E-state index in [0.29, 0.717) is 6.42 Å². The molecule has 1 N–H and O–H groups in total. The molecule has 2 bridgehead atoms. The number of Topliss-reactive ketones (excluding diaryl/α,β-unsaturated/α-hetero) is 1. The Morgan fingerprint density at radius 3 is 2.44 bits per heavy atom. The topological polar surface area (TPSA) is 71.4 Å². The lowest BCUT2D eigenvalue weighted by Gasteiger charge is -2.35. The van der Waals surface area contributed by atoms with Gasteiger partial charge in [0.2, 0.25) is 0 Å². The molecule has 0 aromatic carbocycles. The molecule has 2 aliphatic rings. The Labute approximate surface area is 104 Å². The number of hydrogen-bond acceptors (Lipinski definition) is 3. The van der Waals surface area contributed by atoms with Crippen LogP contribution in [0.1, 0.15) is 26.7 Å². The summed E-state index contributed by atoms with van der Waals surface area (Å²) in [5, 5.41) is 0. The molecule has 0 heterocycles. The van der Waals surface area contributed by atoms with Gasteiger partial charge in [0.15, 0.2) is 5.78 Å². The Kier molecular flexibility index (Phi) is 2.58. The van der Waals surface area contributed by atoms with Gasteiger partial charge in [-0.1, -0.05) is 29.8 Å². The largest absolute Gasteiger partial charge is 0.298 e. The highest BCUT2D eigenvalue weighted by atomic mass is 79.9. The van der Waals surface area contributed by atoms with Crippen molar-refractivity contribution in [3.05, 3.63) is 0 Å². The van der Waals surface area contributed by atoms with Crippen molar-refractivity contribution in [2.75, 3.05) is 5.75 Å². The van der Waals surface area contributed by atoms with Crippen LogP contribution in [0.4, 0.5) is 0 Å². The number of carbonyl (C=O) groups excluding carboxylic acids is 1. The van der Waals surface area contributed by atoms with Gasteiger partial charge in [0.1, 0.15) is 0 Å². The summed E-state index contributed by atoms with van der Waals surface area (Å²) in [7, 11) is -4.05. The van der Waals surface area contributed by atoms with Gasteiger partial charge in [-0.2, -0.15) is 8.42 Å². The summed E-state index contributed by atoms with van der Waals surface area (Å²) in [6.07, 6.45) is 1.55. The summed E-state index contributed by atoms with van der Waals surface area (Å²) in [4.78, 5) is 11.8. The Bertz CT molecular complexity index is 446. The number of ketones is 1. The third-order valence-electron chi connectivity index (χ3n) is 4.66. The fourth-order valence-electron chi connectivity index (χ4n) is 3.46. The van der Waals surface area contributed by atoms with Gasteiger partial charge in [-0.05, 0) is 18.8 Å². The van der Waals surface area contributed by atoms with Crippen LogP contribution in [0.15, 0.2) is 0 Å². The van der Waals surface area contributed by atoms with Crippen LogP contribution < -0.4 is 0 Å². The van der Waals surface area contributed by atoms with Gasteiger partial charge < -0.3 is 0 Å². The molecule has 0 aliphatic heterocycles. The van der Waals surface area contributed by atoms with Gasteiger partial charge in [-0.3, -0.25) is 9.35 Å². The van der Waals surface area contributed by atoms with Crippen molar-refractivity contribution >= 4 is 31.8 Å². The molecule has 0 aromatic rings. The highest BCUT2D eigenvalue weighted by Gasteiger charge is 2.68. The van der Waals surface area contributed by atoms with E-state index in [1.54, 1.807) is 6.92 Å². The van der Waals surface area contributed by atoms with E-state index in [2.05, 4.69) is 15.9 Å². The molecular weight excluding hydrogens is 296 g/mol. The van der Waals surface area contributed by atoms with E-state index in [1.165, 1.54) is 0 Å². The predicted octanol–water partition coefficient (Wildman–Crippen LogP) is 1.64. The minimum absolute atomic E-state index is 0.00641. The number of rotatable bonds is 2. The summed E-state index contributed by atoms with van der Waals surface area (Å²) in [6, 6.07) is 0. The molecule has 0 unspecified atom stereocenters. The standard InChI is InChI=1S/C10H15BrO4S/c1-9-4-3-6(7(11)8(9)12)10(9,2)5-16(13,14)15/h6-7H,3-5H2,1-2H3,(H,13,14,15)/t6-,7+,9+,10+/m1/s1. The molecule has 0 radical (unpaired) electrons. The SMILES string of the molecule is C[C@]12CC[C@H]([C@H](Br)C1=O)[C@]2(C)CS(=O)(=O)O. The molecule has 2 saturated carbocycles. The Morgan fingerprint density at radius 2 is 2.06 bits per heavy atom. The molecule has 2 aliphatic carbocycles. The van der Waals surface area contributed by atoms with Crippen molar-refractivity contribution in [1.82, 2.24) is 0 Å². The van der Waals surface area contributed by atoms with Crippen LogP contribution in [-0.4, -0.2) is 29.3 Å². The molecule has 4 atom stereocenters. The normalized spacial score (nSPS) is 47.6. The number of carbonyl (C=O) groups is 1. The molecule has 92 valence electrons. The average Bonchev–Trinajstić information content (AvgIpc) is 2.40. The summed E-state index contributed by atoms with van der Waals surface area (Å²) < 4.78 is 31.2. The van der Waals surface area contributed by atoms with Crippen LogP contribution in [0.5, 0.6) is 0 Å². The quantitative estimate of drug-likeness (QED) is 0.622. The molecule has 2 fully saturated rings. The summed E-state index contributed by atoms with van der Waals surface area (Å²) in [6.45, 7) is 3.62. The molecule has 0 aromatic heterocycles. The lowest BCUT2D eigenvalue weighted by molar-refractivity contribution is -0.127. The Hall–Kier alpha value is 0.0600. The smallest absolute Gasteiger partial charge is 0.265 e. The zero-order valence-corrected chi connectivity index (χ0v) is 11.6. The monoisotopic (exact) mass is 310 g/mol. The highest BCUT2D eigenvalue weighted by Crippen LogP contribution is 2.65. The Balaban J connectivity index is 2.47. The van der Waals surface area contributed by atoms with Crippen molar-refractivity contribution in [2.45, 2.75) is 31.5 Å². The van der Waals surface area contributed by atoms with E-state index in [9.17, 15) is 13.2 Å². The molecule has 0 spiro atoms. The number of alkyl halides is 1. The average molecular weight is 311 g/mol. The first-order chi connectivity index (χ1) is 7.12. The van der Waals surface area contributed by atoms with Gasteiger partial charge >= 0.3 is 0 Å². The lowest BCUT2D eigenvalue weighted by Crippen LogP contribution is -2.40. The predicted molar refractivity (Wildman–Crippen MR) is 63.1 cm³/mol. The minimum atomic E-state index is -4.05. The first-order valence-electron chi connectivity index (χ1n) is 5.25. The summed E-state index contributed by atoms with van der Waals surface area (Å²) >= 11 is 3.35. The van der Waals surface area contributed by atoms with Crippen molar-refractivity contribution < 1.29 is 17.8 Å². The van der Waals surface area contributed by atoms with E-state index in [4.69, 9.17) is 4.55 Å². The number of hydrogen-bond donors (Lipinski definition) is 1. The number of fused-ring (bicyclic) bond motifs is 2. The minimum Gasteiger partial charge on any atom is -0.298 e.